The van der Waals surface area contributed by atoms with Gasteiger partial charge in [0.25, 0.3) is 0 Å². The van der Waals surface area contributed by atoms with Crippen LogP contribution in [-0.4, -0.2) is 16.2 Å². The molecule has 0 radical (unpaired) electrons. The number of carbonyl (C=O) groups excluding carboxylic acids is 1. The van der Waals surface area contributed by atoms with Crippen molar-refractivity contribution in [2.45, 2.75) is 13.1 Å². The second kappa shape index (κ2) is 6.87. The van der Waals surface area contributed by atoms with E-state index < -0.39 is 17.8 Å². The van der Waals surface area contributed by atoms with Crippen LogP contribution < -0.4 is 10.6 Å². The summed E-state index contributed by atoms with van der Waals surface area (Å²) < 4.78 is 42.5. The molecule has 0 bridgehead atoms. The van der Waals surface area contributed by atoms with Gasteiger partial charge in [0.15, 0.2) is 0 Å². The lowest BCUT2D eigenvalue weighted by Crippen LogP contribution is -2.19. The molecule has 1 aromatic heterocycles. The fourth-order valence-electron chi connectivity index (χ4n) is 2.19. The van der Waals surface area contributed by atoms with Crippen molar-refractivity contribution in [3.8, 4) is 11.4 Å². The zero-order valence-corrected chi connectivity index (χ0v) is 13.5. The maximum atomic E-state index is 12.5. The summed E-state index contributed by atoms with van der Waals surface area (Å²) in [5.74, 6) is 0.799. The van der Waals surface area contributed by atoms with Crippen LogP contribution in [0.3, 0.4) is 0 Å². The van der Waals surface area contributed by atoms with Crippen LogP contribution in [0.4, 0.5) is 29.3 Å². The number of nitrogens with one attached hydrogen (secondary N) is 2. The molecule has 2 aromatic carbocycles. The van der Waals surface area contributed by atoms with Gasteiger partial charge in [-0.2, -0.15) is 18.2 Å². The smallest absolute Gasteiger partial charge is 0.339 e. The van der Waals surface area contributed by atoms with Gasteiger partial charge in [-0.3, -0.25) is 0 Å². The van der Waals surface area contributed by atoms with Gasteiger partial charge in [-0.1, -0.05) is 17.3 Å². The Morgan fingerprint density at radius 3 is 2.35 bits per heavy atom. The molecule has 9 heteroatoms. The number of urea groups is 1. The topological polar surface area (TPSA) is 80.0 Å². The van der Waals surface area contributed by atoms with Gasteiger partial charge in [-0.25, -0.2) is 4.79 Å². The first-order valence-corrected chi connectivity index (χ1v) is 7.47. The third-order valence-electron chi connectivity index (χ3n) is 3.38. The second-order valence-electron chi connectivity index (χ2n) is 5.37. The van der Waals surface area contributed by atoms with E-state index in [1.807, 2.05) is 0 Å². The Balaban J connectivity index is 1.67. The van der Waals surface area contributed by atoms with Crippen LogP contribution in [0.2, 0.25) is 0 Å². The number of halogens is 3. The van der Waals surface area contributed by atoms with Crippen molar-refractivity contribution in [3.05, 3.63) is 60.0 Å². The Morgan fingerprint density at radius 2 is 1.73 bits per heavy atom. The first-order chi connectivity index (χ1) is 12.3. The molecule has 6 nitrogen and oxygen atoms in total. The molecule has 0 fully saturated rings. The van der Waals surface area contributed by atoms with Gasteiger partial charge in [0.1, 0.15) is 0 Å². The van der Waals surface area contributed by atoms with E-state index in [0.717, 1.165) is 12.1 Å². The van der Waals surface area contributed by atoms with E-state index in [4.69, 9.17) is 4.52 Å². The van der Waals surface area contributed by atoms with E-state index in [2.05, 4.69) is 20.8 Å². The van der Waals surface area contributed by atoms with Crippen LogP contribution in [0.5, 0.6) is 0 Å². The summed E-state index contributed by atoms with van der Waals surface area (Å²) >= 11 is 0. The lowest BCUT2D eigenvalue weighted by atomic mass is 10.2. The molecule has 0 aliphatic carbocycles. The highest BCUT2D eigenvalue weighted by Crippen LogP contribution is 2.29. The Labute approximate surface area is 146 Å². The van der Waals surface area contributed by atoms with E-state index in [-0.39, 0.29) is 5.69 Å². The molecule has 3 aromatic rings. The lowest BCUT2D eigenvalue weighted by molar-refractivity contribution is -0.137. The number of aryl methyl sites for hydroxylation is 1. The molecule has 0 unspecified atom stereocenters. The van der Waals surface area contributed by atoms with E-state index in [1.54, 1.807) is 31.2 Å². The summed E-state index contributed by atoms with van der Waals surface area (Å²) in [6.45, 7) is 1.66. The van der Waals surface area contributed by atoms with Gasteiger partial charge in [0.2, 0.25) is 11.7 Å². The zero-order chi connectivity index (χ0) is 18.7. The average Bonchev–Trinajstić information content (AvgIpc) is 3.01. The quantitative estimate of drug-likeness (QED) is 0.707. The van der Waals surface area contributed by atoms with Crippen molar-refractivity contribution in [1.82, 2.24) is 10.1 Å². The van der Waals surface area contributed by atoms with Crippen molar-refractivity contribution >= 4 is 17.4 Å². The minimum atomic E-state index is -4.42. The molecule has 0 aliphatic heterocycles. The van der Waals surface area contributed by atoms with Crippen LogP contribution in [0.25, 0.3) is 11.4 Å². The number of carbonyl (C=O) groups is 1. The molecule has 0 spiro atoms. The summed E-state index contributed by atoms with van der Waals surface area (Å²) in [6, 6.07) is 10.3. The molecule has 3 rings (SSSR count). The molecule has 2 N–H and O–H groups in total. The molecule has 0 saturated heterocycles. The van der Waals surface area contributed by atoms with Gasteiger partial charge >= 0.3 is 12.2 Å². The number of benzene rings is 2. The molecule has 0 aliphatic rings. The predicted octanol–water partition coefficient (Wildman–Crippen LogP) is 4.71. The highest BCUT2D eigenvalue weighted by Gasteiger charge is 2.29. The third-order valence-corrected chi connectivity index (χ3v) is 3.38. The van der Waals surface area contributed by atoms with Crippen LogP contribution in [0.1, 0.15) is 11.5 Å². The molecule has 134 valence electrons. The fourth-order valence-corrected chi connectivity index (χ4v) is 2.19. The Kier molecular flexibility index (Phi) is 4.61. The maximum Gasteiger partial charge on any atom is 0.416 e. The number of aromatic nitrogens is 2. The highest BCUT2D eigenvalue weighted by molar-refractivity contribution is 6.00. The number of anilines is 2. The molecule has 1 heterocycles. The van der Waals surface area contributed by atoms with Crippen molar-refractivity contribution in [1.29, 1.82) is 0 Å². The second-order valence-corrected chi connectivity index (χ2v) is 5.37. The monoisotopic (exact) mass is 362 g/mol. The fraction of sp³-hybridized carbons (Fsp3) is 0.118. The number of hydrogen-bond acceptors (Lipinski definition) is 4. The van der Waals surface area contributed by atoms with Crippen LogP contribution >= 0.6 is 0 Å². The molecular formula is C17H13F3N4O2. The normalized spacial score (nSPS) is 11.2. The zero-order valence-electron chi connectivity index (χ0n) is 13.5. The third kappa shape index (κ3) is 4.18. The average molecular weight is 362 g/mol. The van der Waals surface area contributed by atoms with Crippen LogP contribution in [-0.2, 0) is 6.18 Å². The lowest BCUT2D eigenvalue weighted by Gasteiger charge is -2.10. The van der Waals surface area contributed by atoms with E-state index in [9.17, 15) is 18.0 Å². The van der Waals surface area contributed by atoms with Gasteiger partial charge < -0.3 is 15.2 Å². The summed E-state index contributed by atoms with van der Waals surface area (Å²) in [5.41, 5.74) is 0.565. The number of nitrogens with zero attached hydrogens (tertiary/aromatic N) is 2. The summed E-state index contributed by atoms with van der Waals surface area (Å²) in [7, 11) is 0. The molecule has 0 saturated carbocycles. The van der Waals surface area contributed by atoms with Crippen molar-refractivity contribution in [2.75, 3.05) is 10.6 Å². The van der Waals surface area contributed by atoms with E-state index >= 15 is 0 Å². The SMILES string of the molecule is Cc1nc(-c2cccc(NC(=O)Nc3ccc(C(F)(F)F)cc3)c2)no1. The number of alkyl halides is 3. The predicted molar refractivity (Wildman–Crippen MR) is 88.6 cm³/mol. The van der Waals surface area contributed by atoms with E-state index in [1.165, 1.54) is 12.1 Å². The largest absolute Gasteiger partial charge is 0.416 e. The Morgan fingerprint density at radius 1 is 1.04 bits per heavy atom. The summed E-state index contributed by atoms with van der Waals surface area (Å²) in [6.07, 6.45) is -4.42. The minimum Gasteiger partial charge on any atom is -0.339 e. The maximum absolute atomic E-state index is 12.5. The Hall–Kier alpha value is -3.36. The number of amides is 2. The standard InChI is InChI=1S/C17H13F3N4O2/c1-10-21-15(24-26-10)11-3-2-4-14(9-11)23-16(25)22-13-7-5-12(6-8-13)17(18,19)20/h2-9H,1H3,(H2,22,23,25). The van der Waals surface area contributed by atoms with Crippen molar-refractivity contribution < 1.29 is 22.5 Å². The molecule has 0 atom stereocenters. The minimum absolute atomic E-state index is 0.237. The Bertz CT molecular complexity index is 920. The van der Waals surface area contributed by atoms with Gasteiger partial charge in [0.05, 0.1) is 5.56 Å². The molecule has 26 heavy (non-hydrogen) atoms. The van der Waals surface area contributed by atoms with Crippen LogP contribution in [0.15, 0.2) is 53.1 Å². The van der Waals surface area contributed by atoms with Crippen molar-refractivity contribution in [3.63, 3.8) is 0 Å². The molecular weight excluding hydrogens is 349 g/mol. The molecule has 2 amide bonds. The van der Waals surface area contributed by atoms with Crippen molar-refractivity contribution in [2.24, 2.45) is 0 Å². The summed E-state index contributed by atoms with van der Waals surface area (Å²) in [5, 5.41) is 8.85. The van der Waals surface area contributed by atoms with Gasteiger partial charge in [0, 0.05) is 23.9 Å². The highest BCUT2D eigenvalue weighted by atomic mass is 19.4. The van der Waals surface area contributed by atoms with Gasteiger partial charge in [-0.15, -0.1) is 0 Å². The first kappa shape index (κ1) is 17.5. The number of rotatable bonds is 3. The number of hydrogen-bond donors (Lipinski definition) is 2. The van der Waals surface area contributed by atoms with Gasteiger partial charge in [-0.05, 0) is 36.4 Å². The first-order valence-electron chi connectivity index (χ1n) is 7.47. The van der Waals surface area contributed by atoms with Crippen LogP contribution in [0, 0.1) is 6.92 Å². The summed E-state index contributed by atoms with van der Waals surface area (Å²) in [4.78, 5) is 16.1. The van der Waals surface area contributed by atoms with E-state index in [0.29, 0.717) is 23.0 Å².